The molecule has 0 spiro atoms. The van der Waals surface area contributed by atoms with Crippen molar-refractivity contribution in [1.29, 1.82) is 5.26 Å². The molecule has 4 aromatic heterocycles. The van der Waals surface area contributed by atoms with Crippen LogP contribution >= 0.6 is 11.3 Å². The zero-order valence-corrected chi connectivity index (χ0v) is 25.8. The highest BCUT2D eigenvalue weighted by molar-refractivity contribution is 7.14. The van der Waals surface area contributed by atoms with Crippen LogP contribution in [0.2, 0.25) is 0 Å². The topological polar surface area (TPSA) is 159 Å². The van der Waals surface area contributed by atoms with E-state index in [0.29, 0.717) is 23.9 Å². The van der Waals surface area contributed by atoms with Crippen molar-refractivity contribution in [3.63, 3.8) is 0 Å². The highest BCUT2D eigenvalue weighted by Gasteiger charge is 2.33. The second-order valence-corrected chi connectivity index (χ2v) is 13.4. The molecular formula is C32H35N9O3S. The van der Waals surface area contributed by atoms with Crippen LogP contribution in [0.4, 0.5) is 10.5 Å². The van der Waals surface area contributed by atoms with E-state index >= 15 is 0 Å². The van der Waals surface area contributed by atoms with Gasteiger partial charge < -0.3 is 20.7 Å². The van der Waals surface area contributed by atoms with Crippen LogP contribution in [-0.2, 0) is 9.53 Å². The van der Waals surface area contributed by atoms with Crippen LogP contribution in [0.25, 0.3) is 27.5 Å². The van der Waals surface area contributed by atoms with E-state index in [1.807, 2.05) is 24.4 Å². The van der Waals surface area contributed by atoms with Crippen molar-refractivity contribution in [2.75, 3.05) is 19.0 Å². The first-order valence-corrected chi connectivity index (χ1v) is 16.4. The highest BCUT2D eigenvalue weighted by Crippen LogP contribution is 2.41. The van der Waals surface area contributed by atoms with Crippen molar-refractivity contribution in [1.82, 2.24) is 35.4 Å². The first-order chi connectivity index (χ1) is 22.0. The number of anilines is 1. The van der Waals surface area contributed by atoms with Crippen molar-refractivity contribution >= 4 is 34.5 Å². The van der Waals surface area contributed by atoms with E-state index in [0.717, 1.165) is 89.5 Å². The molecule has 3 N–H and O–H groups in total. The number of nitrogens with zero attached hydrogens (tertiary/aromatic N) is 6. The standard InChI is InChI=1S/C32H35N9O3S/c1-44-32(43)35-15-18-10-23(11-18)37-26-13-27(28-9-8-24-12-19(14-33)16-36-41(24)28)34-17-25(26)31-40-39-30(45-31)21-4-6-22(7-5-21)38-29(42)20-2-3-20/h8-9,12-13,16-18,20-23H,2-7,10-11,15H2,1H3,(H,34,37)(H,35,43)(H,38,42). The Bertz CT molecular complexity index is 1760. The van der Waals surface area contributed by atoms with Crippen LogP contribution in [-0.4, -0.2) is 62.5 Å². The maximum Gasteiger partial charge on any atom is 0.406 e. The number of rotatable bonds is 9. The molecule has 0 atom stereocenters. The Balaban J connectivity index is 1.10. The number of ether oxygens (including phenoxy) is 1. The van der Waals surface area contributed by atoms with E-state index in [2.05, 4.69) is 37.3 Å². The van der Waals surface area contributed by atoms with Gasteiger partial charge in [-0.1, -0.05) is 11.3 Å². The number of alkyl carbamates (subject to hydrolysis) is 1. The summed E-state index contributed by atoms with van der Waals surface area (Å²) in [4.78, 5) is 28.5. The third kappa shape index (κ3) is 6.33. The molecule has 2 amide bonds. The fourth-order valence-electron chi connectivity index (χ4n) is 6.34. The first-order valence-electron chi connectivity index (χ1n) is 15.6. The molecule has 0 saturated heterocycles. The van der Waals surface area contributed by atoms with Crippen LogP contribution in [0.5, 0.6) is 0 Å². The van der Waals surface area contributed by atoms with Gasteiger partial charge in [0, 0.05) is 42.3 Å². The number of fused-ring (bicyclic) bond motifs is 1. The number of hydrogen-bond acceptors (Lipinski definition) is 10. The largest absolute Gasteiger partial charge is 0.453 e. The molecule has 45 heavy (non-hydrogen) atoms. The molecule has 232 valence electrons. The second kappa shape index (κ2) is 12.4. The zero-order valence-electron chi connectivity index (χ0n) is 25.0. The molecule has 4 aromatic rings. The van der Waals surface area contributed by atoms with Gasteiger partial charge in [0.15, 0.2) is 5.01 Å². The summed E-state index contributed by atoms with van der Waals surface area (Å²) in [6.07, 6.45) is 10.8. The molecule has 3 saturated carbocycles. The lowest BCUT2D eigenvalue weighted by Gasteiger charge is -2.36. The summed E-state index contributed by atoms with van der Waals surface area (Å²) in [7, 11) is 1.37. The zero-order chi connectivity index (χ0) is 30.9. The van der Waals surface area contributed by atoms with Crippen molar-refractivity contribution in [2.24, 2.45) is 11.8 Å². The normalized spacial score (nSPS) is 22.7. The quantitative estimate of drug-likeness (QED) is 0.235. The molecule has 4 heterocycles. The number of nitrogens with one attached hydrogen (secondary N) is 3. The SMILES string of the molecule is COC(=O)NCC1CC(Nc2cc(-c3ccc4cc(C#N)cnn34)ncc2-c2nnc(C3CCC(NC(=O)C4CC4)CC3)s2)C1. The van der Waals surface area contributed by atoms with Gasteiger partial charge >= 0.3 is 6.09 Å². The highest BCUT2D eigenvalue weighted by atomic mass is 32.1. The smallest absolute Gasteiger partial charge is 0.406 e. The van der Waals surface area contributed by atoms with Crippen molar-refractivity contribution in [3.8, 4) is 28.0 Å². The van der Waals surface area contributed by atoms with Gasteiger partial charge in [-0.15, -0.1) is 10.2 Å². The van der Waals surface area contributed by atoms with Gasteiger partial charge in [0.1, 0.15) is 11.1 Å². The minimum atomic E-state index is -0.411. The summed E-state index contributed by atoms with van der Waals surface area (Å²) >= 11 is 1.61. The molecular weight excluding hydrogens is 590 g/mol. The molecule has 0 aromatic carbocycles. The van der Waals surface area contributed by atoms with Crippen LogP contribution in [0.1, 0.15) is 67.9 Å². The van der Waals surface area contributed by atoms with Crippen molar-refractivity contribution in [3.05, 3.63) is 47.2 Å². The van der Waals surface area contributed by atoms with Gasteiger partial charge in [-0.3, -0.25) is 9.78 Å². The average Bonchev–Trinajstić information content (AvgIpc) is 3.64. The molecule has 0 aliphatic heterocycles. The van der Waals surface area contributed by atoms with Gasteiger partial charge in [0.25, 0.3) is 0 Å². The first kappa shape index (κ1) is 29.2. The van der Waals surface area contributed by atoms with Gasteiger partial charge in [0.2, 0.25) is 5.91 Å². The summed E-state index contributed by atoms with van der Waals surface area (Å²) in [5.74, 6) is 1.17. The lowest BCUT2D eigenvalue weighted by atomic mass is 9.80. The fourth-order valence-corrected chi connectivity index (χ4v) is 7.37. The van der Waals surface area contributed by atoms with Crippen LogP contribution in [0, 0.1) is 23.2 Å². The van der Waals surface area contributed by atoms with E-state index in [-0.39, 0.29) is 23.9 Å². The predicted molar refractivity (Wildman–Crippen MR) is 168 cm³/mol. The van der Waals surface area contributed by atoms with E-state index in [1.165, 1.54) is 7.11 Å². The monoisotopic (exact) mass is 625 g/mol. The van der Waals surface area contributed by atoms with E-state index in [1.54, 1.807) is 28.1 Å². The summed E-state index contributed by atoms with van der Waals surface area (Å²) in [5, 5.41) is 34.6. The summed E-state index contributed by atoms with van der Waals surface area (Å²) < 4.78 is 6.49. The molecule has 0 radical (unpaired) electrons. The predicted octanol–water partition coefficient (Wildman–Crippen LogP) is 4.89. The lowest BCUT2D eigenvalue weighted by Crippen LogP contribution is -2.42. The summed E-state index contributed by atoms with van der Waals surface area (Å²) in [5.41, 5.74) is 4.70. The molecule has 3 aliphatic rings. The van der Waals surface area contributed by atoms with Gasteiger partial charge in [-0.2, -0.15) is 10.4 Å². The maximum atomic E-state index is 12.2. The van der Waals surface area contributed by atoms with Crippen molar-refractivity contribution < 1.29 is 14.3 Å². The number of nitriles is 1. The Morgan fingerprint density at radius 3 is 2.64 bits per heavy atom. The van der Waals surface area contributed by atoms with Crippen molar-refractivity contribution in [2.45, 2.75) is 69.4 Å². The minimum absolute atomic E-state index is 0.223. The van der Waals surface area contributed by atoms with E-state index < -0.39 is 6.09 Å². The molecule has 3 aliphatic carbocycles. The Morgan fingerprint density at radius 1 is 1.07 bits per heavy atom. The van der Waals surface area contributed by atoms with Gasteiger partial charge in [-0.05, 0) is 81.5 Å². The number of pyridine rings is 1. The number of carbonyl (C=O) groups is 2. The molecule has 7 rings (SSSR count). The number of methoxy groups -OCH3 is 1. The number of aromatic nitrogens is 5. The molecule has 3 fully saturated rings. The van der Waals surface area contributed by atoms with Gasteiger partial charge in [0.05, 0.1) is 41.3 Å². The minimum Gasteiger partial charge on any atom is -0.453 e. The Kier molecular flexibility index (Phi) is 8.06. The third-order valence-electron chi connectivity index (χ3n) is 9.15. The molecule has 12 nitrogen and oxygen atoms in total. The number of amides is 2. The van der Waals surface area contributed by atoms with Crippen LogP contribution < -0.4 is 16.0 Å². The van der Waals surface area contributed by atoms with Gasteiger partial charge in [-0.25, -0.2) is 9.31 Å². The van der Waals surface area contributed by atoms with Crippen LogP contribution in [0.3, 0.4) is 0 Å². The number of hydrogen-bond donors (Lipinski definition) is 3. The maximum absolute atomic E-state index is 12.2. The number of carbonyl (C=O) groups excluding carboxylic acids is 2. The molecule has 0 unspecified atom stereocenters. The second-order valence-electron chi connectivity index (χ2n) is 12.4. The van der Waals surface area contributed by atoms with Crippen LogP contribution in [0.15, 0.2) is 36.7 Å². The summed E-state index contributed by atoms with van der Waals surface area (Å²) in [6.45, 7) is 0.581. The molecule has 0 bridgehead atoms. The van der Waals surface area contributed by atoms with E-state index in [9.17, 15) is 14.9 Å². The Labute approximate surface area is 264 Å². The van der Waals surface area contributed by atoms with E-state index in [4.69, 9.17) is 9.72 Å². The third-order valence-corrected chi connectivity index (χ3v) is 10.3. The Morgan fingerprint density at radius 2 is 1.89 bits per heavy atom. The Hall–Kier alpha value is -4.57. The summed E-state index contributed by atoms with van der Waals surface area (Å²) in [6, 6.07) is 10.4. The lowest BCUT2D eigenvalue weighted by molar-refractivity contribution is -0.123. The fraction of sp³-hybridized carbons (Fsp3) is 0.469. The average molecular weight is 626 g/mol. The molecule has 13 heteroatoms.